The number of hydrogen-bond acceptors (Lipinski definition) is 3. The molecule has 2 N–H and O–H groups in total. The summed E-state index contributed by atoms with van der Waals surface area (Å²) < 4.78 is 26.0. The van der Waals surface area contributed by atoms with Crippen LogP contribution in [-0.4, -0.2) is 35.5 Å². The zero-order chi connectivity index (χ0) is 12.5. The SMILES string of the molecule is CC1CCCN(S(=O)(=O)C(C)C(N)=S)C1C. The predicted octanol–water partition coefficient (Wildman–Crippen LogP) is 1.11. The Kier molecular flexibility index (Phi) is 4.31. The van der Waals surface area contributed by atoms with Gasteiger partial charge in [-0.3, -0.25) is 0 Å². The third kappa shape index (κ3) is 2.55. The van der Waals surface area contributed by atoms with Gasteiger partial charge in [0.05, 0.1) is 4.99 Å². The molecule has 1 rings (SSSR count). The van der Waals surface area contributed by atoms with Crippen LogP contribution in [0, 0.1) is 5.92 Å². The summed E-state index contributed by atoms with van der Waals surface area (Å²) in [5, 5.41) is -0.768. The van der Waals surface area contributed by atoms with E-state index >= 15 is 0 Å². The summed E-state index contributed by atoms with van der Waals surface area (Å²) in [6.07, 6.45) is 1.99. The number of sulfonamides is 1. The molecule has 0 saturated carbocycles. The van der Waals surface area contributed by atoms with E-state index in [4.69, 9.17) is 18.0 Å². The Morgan fingerprint density at radius 1 is 1.50 bits per heavy atom. The van der Waals surface area contributed by atoms with Crippen LogP contribution in [0.15, 0.2) is 0 Å². The summed E-state index contributed by atoms with van der Waals surface area (Å²) in [4.78, 5) is 0.0467. The van der Waals surface area contributed by atoms with Crippen molar-refractivity contribution in [3.63, 3.8) is 0 Å². The van der Waals surface area contributed by atoms with Crippen molar-refractivity contribution in [2.75, 3.05) is 6.54 Å². The molecule has 1 fully saturated rings. The molecule has 94 valence electrons. The Morgan fingerprint density at radius 3 is 2.56 bits per heavy atom. The number of thiocarbonyl (C=S) groups is 1. The molecule has 6 heteroatoms. The van der Waals surface area contributed by atoms with Gasteiger partial charge in [0.15, 0.2) is 0 Å². The van der Waals surface area contributed by atoms with Gasteiger partial charge in [-0.15, -0.1) is 0 Å². The van der Waals surface area contributed by atoms with Crippen LogP contribution in [0.5, 0.6) is 0 Å². The van der Waals surface area contributed by atoms with E-state index in [1.807, 2.05) is 6.92 Å². The van der Waals surface area contributed by atoms with Crippen LogP contribution in [0.2, 0.25) is 0 Å². The fourth-order valence-electron chi connectivity index (χ4n) is 2.01. The van der Waals surface area contributed by atoms with Crippen molar-refractivity contribution in [3.8, 4) is 0 Å². The van der Waals surface area contributed by atoms with E-state index in [0.717, 1.165) is 12.8 Å². The molecule has 0 aliphatic carbocycles. The number of hydrogen-bond donors (Lipinski definition) is 1. The fourth-order valence-corrected chi connectivity index (χ4v) is 4.13. The van der Waals surface area contributed by atoms with Gasteiger partial charge in [-0.05, 0) is 32.6 Å². The third-order valence-electron chi connectivity index (χ3n) is 3.49. The lowest BCUT2D eigenvalue weighted by molar-refractivity contribution is 0.202. The minimum Gasteiger partial charge on any atom is -0.392 e. The van der Waals surface area contributed by atoms with Gasteiger partial charge in [-0.2, -0.15) is 4.31 Å². The van der Waals surface area contributed by atoms with E-state index in [2.05, 4.69) is 6.92 Å². The summed E-state index contributed by atoms with van der Waals surface area (Å²) in [7, 11) is -3.38. The molecule has 0 spiro atoms. The second-order valence-electron chi connectivity index (χ2n) is 4.56. The topological polar surface area (TPSA) is 63.4 Å². The molecule has 16 heavy (non-hydrogen) atoms. The average Bonchev–Trinajstić information content (AvgIpc) is 2.20. The maximum Gasteiger partial charge on any atom is 0.223 e. The van der Waals surface area contributed by atoms with Crippen LogP contribution in [0.1, 0.15) is 33.6 Å². The van der Waals surface area contributed by atoms with Gasteiger partial charge in [0.25, 0.3) is 0 Å². The van der Waals surface area contributed by atoms with E-state index in [-0.39, 0.29) is 11.0 Å². The fraction of sp³-hybridized carbons (Fsp3) is 0.900. The van der Waals surface area contributed by atoms with E-state index in [9.17, 15) is 8.42 Å². The molecule has 0 aromatic carbocycles. The highest BCUT2D eigenvalue weighted by Crippen LogP contribution is 2.27. The maximum atomic E-state index is 12.2. The van der Waals surface area contributed by atoms with Gasteiger partial charge in [0.1, 0.15) is 5.25 Å². The monoisotopic (exact) mass is 264 g/mol. The molecule has 1 saturated heterocycles. The van der Waals surface area contributed by atoms with Crippen LogP contribution >= 0.6 is 12.2 Å². The number of rotatable bonds is 3. The molecule has 3 unspecified atom stereocenters. The first-order valence-corrected chi connectivity index (χ1v) is 7.49. The molecule has 0 aromatic rings. The Bertz CT molecular complexity index is 367. The molecular formula is C10H20N2O2S2. The predicted molar refractivity (Wildman–Crippen MR) is 69.7 cm³/mol. The Morgan fingerprint density at radius 2 is 2.06 bits per heavy atom. The Balaban J connectivity index is 2.95. The van der Waals surface area contributed by atoms with Crippen LogP contribution in [-0.2, 0) is 10.0 Å². The van der Waals surface area contributed by atoms with Crippen LogP contribution in [0.25, 0.3) is 0 Å². The van der Waals surface area contributed by atoms with Gasteiger partial charge in [0.2, 0.25) is 10.0 Å². The van der Waals surface area contributed by atoms with Gasteiger partial charge >= 0.3 is 0 Å². The molecule has 1 heterocycles. The molecule has 3 atom stereocenters. The zero-order valence-electron chi connectivity index (χ0n) is 10.0. The average molecular weight is 264 g/mol. The van der Waals surface area contributed by atoms with E-state index in [0.29, 0.717) is 12.5 Å². The van der Waals surface area contributed by atoms with Gasteiger partial charge < -0.3 is 5.73 Å². The molecule has 1 aliphatic rings. The molecule has 0 aromatic heterocycles. The first-order chi connectivity index (χ1) is 7.28. The quantitative estimate of drug-likeness (QED) is 0.776. The highest BCUT2D eigenvalue weighted by Gasteiger charge is 2.37. The van der Waals surface area contributed by atoms with Crippen molar-refractivity contribution in [3.05, 3.63) is 0 Å². The molecule has 0 radical (unpaired) electrons. The normalized spacial score (nSPS) is 29.9. The van der Waals surface area contributed by atoms with Crippen LogP contribution in [0.3, 0.4) is 0 Å². The first-order valence-electron chi connectivity index (χ1n) is 5.58. The summed E-state index contributed by atoms with van der Waals surface area (Å²) in [6, 6.07) is 0.0375. The van der Waals surface area contributed by atoms with Crippen molar-refractivity contribution < 1.29 is 8.42 Å². The maximum absolute atomic E-state index is 12.2. The largest absolute Gasteiger partial charge is 0.392 e. The van der Waals surface area contributed by atoms with Crippen LogP contribution in [0.4, 0.5) is 0 Å². The highest BCUT2D eigenvalue weighted by atomic mass is 32.2. The van der Waals surface area contributed by atoms with Gasteiger partial charge in [-0.1, -0.05) is 19.1 Å². The Labute approximate surface area is 103 Å². The first kappa shape index (κ1) is 13.9. The number of piperidine rings is 1. The number of nitrogens with zero attached hydrogens (tertiary/aromatic N) is 1. The lowest BCUT2D eigenvalue weighted by Crippen LogP contribution is -2.51. The van der Waals surface area contributed by atoms with Crippen molar-refractivity contribution in [1.29, 1.82) is 0 Å². The van der Waals surface area contributed by atoms with Crippen molar-refractivity contribution in [2.45, 2.75) is 44.9 Å². The highest BCUT2D eigenvalue weighted by molar-refractivity contribution is 7.92. The molecule has 0 bridgehead atoms. The van der Waals surface area contributed by atoms with Gasteiger partial charge in [-0.25, -0.2) is 8.42 Å². The molecular weight excluding hydrogens is 244 g/mol. The summed E-state index contributed by atoms with van der Waals surface area (Å²) in [6.45, 7) is 6.18. The zero-order valence-corrected chi connectivity index (χ0v) is 11.6. The number of nitrogens with two attached hydrogens (primary N) is 1. The van der Waals surface area contributed by atoms with E-state index in [1.165, 1.54) is 0 Å². The van der Waals surface area contributed by atoms with Crippen molar-refractivity contribution in [2.24, 2.45) is 11.7 Å². The van der Waals surface area contributed by atoms with Gasteiger partial charge in [0, 0.05) is 12.6 Å². The summed E-state index contributed by atoms with van der Waals surface area (Å²) in [5.74, 6) is 0.391. The third-order valence-corrected chi connectivity index (χ3v) is 6.31. The molecule has 1 aliphatic heterocycles. The van der Waals surface area contributed by atoms with E-state index in [1.54, 1.807) is 11.2 Å². The molecule has 4 nitrogen and oxygen atoms in total. The van der Waals surface area contributed by atoms with Crippen LogP contribution < -0.4 is 5.73 Å². The minimum atomic E-state index is -3.38. The van der Waals surface area contributed by atoms with E-state index < -0.39 is 15.3 Å². The Hall–Kier alpha value is -0.200. The van der Waals surface area contributed by atoms with Crippen molar-refractivity contribution in [1.82, 2.24) is 4.31 Å². The standard InChI is InChI=1S/C10H20N2O2S2/c1-7-5-4-6-12(8(7)2)16(13,14)9(3)10(11)15/h7-9H,4-6H2,1-3H3,(H2,11,15). The van der Waals surface area contributed by atoms with Crippen molar-refractivity contribution >= 4 is 27.2 Å². The smallest absolute Gasteiger partial charge is 0.223 e. The lowest BCUT2D eigenvalue weighted by Gasteiger charge is -2.38. The molecule has 0 amide bonds. The minimum absolute atomic E-state index is 0.0375. The summed E-state index contributed by atoms with van der Waals surface area (Å²) in [5.41, 5.74) is 5.43. The lowest BCUT2D eigenvalue weighted by atomic mass is 9.94. The summed E-state index contributed by atoms with van der Waals surface area (Å²) >= 11 is 4.78. The second kappa shape index (κ2) is 4.98. The second-order valence-corrected chi connectivity index (χ2v) is 7.24.